The Morgan fingerprint density at radius 1 is 1.22 bits per heavy atom. The third kappa shape index (κ3) is 1.19. The number of rotatable bonds is 0. The van der Waals surface area contributed by atoms with Crippen LogP contribution in [0.15, 0.2) is 0 Å². The Morgan fingerprint density at radius 2 is 1.78 bits per heavy atom. The first-order chi connectivity index (χ1) is 4.02. The van der Waals surface area contributed by atoms with E-state index in [0.717, 1.165) is 6.42 Å². The van der Waals surface area contributed by atoms with Crippen LogP contribution in [0.2, 0.25) is 0 Å². The molecule has 54 valence electrons. The highest BCUT2D eigenvalue weighted by atomic mass is 19.4. The summed E-state index contributed by atoms with van der Waals surface area (Å²) in [5.41, 5.74) is 0. The summed E-state index contributed by atoms with van der Waals surface area (Å²) in [6.45, 7) is 1.65. The topological polar surface area (TPSA) is 0 Å². The van der Waals surface area contributed by atoms with Gasteiger partial charge in [0.25, 0.3) is 0 Å². The zero-order valence-corrected chi connectivity index (χ0v) is 5.20. The summed E-state index contributed by atoms with van der Waals surface area (Å²) >= 11 is 0. The standard InChI is InChI=1S/C6H9F3/c1-4-2-3-5(4)6(7,8)9/h4-5H,2-3H2,1H3/t4?,5-/m0/s1. The van der Waals surface area contributed by atoms with E-state index in [1.54, 1.807) is 6.92 Å². The molecule has 2 atom stereocenters. The Bertz CT molecular complexity index is 105. The maximum Gasteiger partial charge on any atom is 0.392 e. The molecule has 0 aromatic heterocycles. The maximum atomic E-state index is 11.8. The van der Waals surface area contributed by atoms with Crippen LogP contribution in [0.1, 0.15) is 19.8 Å². The second-order valence-electron chi connectivity index (χ2n) is 2.70. The second-order valence-corrected chi connectivity index (χ2v) is 2.70. The molecule has 1 unspecified atom stereocenters. The van der Waals surface area contributed by atoms with Gasteiger partial charge in [-0.1, -0.05) is 6.92 Å². The molecule has 0 N–H and O–H groups in total. The molecule has 1 aliphatic rings. The molecule has 0 nitrogen and oxygen atoms in total. The first kappa shape index (κ1) is 6.90. The molecule has 3 heteroatoms. The molecule has 0 heterocycles. The maximum absolute atomic E-state index is 11.8. The van der Waals surface area contributed by atoms with Crippen LogP contribution >= 0.6 is 0 Å². The van der Waals surface area contributed by atoms with Gasteiger partial charge in [0.05, 0.1) is 5.92 Å². The Balaban J connectivity index is 2.44. The van der Waals surface area contributed by atoms with Crippen molar-refractivity contribution in [2.24, 2.45) is 11.8 Å². The second kappa shape index (κ2) is 1.89. The quantitative estimate of drug-likeness (QED) is 0.482. The van der Waals surface area contributed by atoms with Gasteiger partial charge < -0.3 is 0 Å². The van der Waals surface area contributed by atoms with E-state index in [1.165, 1.54) is 0 Å². The van der Waals surface area contributed by atoms with Crippen molar-refractivity contribution in [3.05, 3.63) is 0 Å². The lowest BCUT2D eigenvalue weighted by atomic mass is 9.74. The minimum Gasteiger partial charge on any atom is -0.171 e. The summed E-state index contributed by atoms with van der Waals surface area (Å²) in [6, 6.07) is 0. The number of hydrogen-bond donors (Lipinski definition) is 0. The van der Waals surface area contributed by atoms with Gasteiger partial charge >= 0.3 is 6.18 Å². The van der Waals surface area contributed by atoms with Gasteiger partial charge in [-0.3, -0.25) is 0 Å². The molecule has 0 radical (unpaired) electrons. The molecule has 0 aliphatic heterocycles. The van der Waals surface area contributed by atoms with Crippen LogP contribution in [0.5, 0.6) is 0 Å². The molecular formula is C6H9F3. The molecule has 0 aromatic rings. The van der Waals surface area contributed by atoms with Gasteiger partial charge in [-0.15, -0.1) is 0 Å². The minimum absolute atomic E-state index is 0.134. The van der Waals surface area contributed by atoms with E-state index in [2.05, 4.69) is 0 Å². The van der Waals surface area contributed by atoms with Gasteiger partial charge in [0.2, 0.25) is 0 Å². The van der Waals surface area contributed by atoms with Crippen molar-refractivity contribution < 1.29 is 13.2 Å². The predicted molar refractivity (Wildman–Crippen MR) is 27.9 cm³/mol. The van der Waals surface area contributed by atoms with Crippen LogP contribution in [-0.4, -0.2) is 6.18 Å². The summed E-state index contributed by atoms with van der Waals surface area (Å²) in [5, 5.41) is 0. The summed E-state index contributed by atoms with van der Waals surface area (Å²) in [5.74, 6) is -1.14. The van der Waals surface area contributed by atoms with E-state index in [0.29, 0.717) is 6.42 Å². The fourth-order valence-corrected chi connectivity index (χ4v) is 1.15. The van der Waals surface area contributed by atoms with E-state index in [4.69, 9.17) is 0 Å². The molecule has 0 aromatic carbocycles. The van der Waals surface area contributed by atoms with Crippen LogP contribution in [0, 0.1) is 11.8 Å². The van der Waals surface area contributed by atoms with Gasteiger partial charge in [0, 0.05) is 0 Å². The van der Waals surface area contributed by atoms with Crippen molar-refractivity contribution in [3.8, 4) is 0 Å². The Morgan fingerprint density at radius 3 is 1.78 bits per heavy atom. The molecule has 0 spiro atoms. The van der Waals surface area contributed by atoms with Crippen LogP contribution < -0.4 is 0 Å². The van der Waals surface area contributed by atoms with Crippen molar-refractivity contribution in [3.63, 3.8) is 0 Å². The highest BCUT2D eigenvalue weighted by Crippen LogP contribution is 2.44. The summed E-state index contributed by atoms with van der Waals surface area (Å²) in [6.07, 6.45) is -2.85. The molecular weight excluding hydrogens is 129 g/mol. The van der Waals surface area contributed by atoms with Crippen molar-refractivity contribution in [1.82, 2.24) is 0 Å². The van der Waals surface area contributed by atoms with Crippen molar-refractivity contribution >= 4 is 0 Å². The molecule has 9 heavy (non-hydrogen) atoms. The van der Waals surface area contributed by atoms with Crippen LogP contribution in [0.4, 0.5) is 13.2 Å². The number of halogens is 3. The Kier molecular flexibility index (Phi) is 1.45. The fourth-order valence-electron chi connectivity index (χ4n) is 1.15. The van der Waals surface area contributed by atoms with Gasteiger partial charge in [0.1, 0.15) is 0 Å². The van der Waals surface area contributed by atoms with E-state index in [9.17, 15) is 13.2 Å². The van der Waals surface area contributed by atoms with E-state index in [-0.39, 0.29) is 5.92 Å². The predicted octanol–water partition coefficient (Wildman–Crippen LogP) is 2.59. The third-order valence-electron chi connectivity index (χ3n) is 2.04. The molecule has 0 saturated heterocycles. The first-order valence-electron chi connectivity index (χ1n) is 3.08. The lowest BCUT2D eigenvalue weighted by molar-refractivity contribution is -0.210. The van der Waals surface area contributed by atoms with Crippen LogP contribution in [0.3, 0.4) is 0 Å². The average molecular weight is 138 g/mol. The highest BCUT2D eigenvalue weighted by Gasteiger charge is 2.47. The number of hydrogen-bond acceptors (Lipinski definition) is 0. The summed E-state index contributed by atoms with van der Waals surface area (Å²) < 4.78 is 35.3. The minimum atomic E-state index is -3.93. The van der Waals surface area contributed by atoms with Crippen LogP contribution in [-0.2, 0) is 0 Å². The lowest BCUT2D eigenvalue weighted by Gasteiger charge is -2.35. The van der Waals surface area contributed by atoms with Crippen LogP contribution in [0.25, 0.3) is 0 Å². The average Bonchev–Trinajstić information content (AvgIpc) is 1.57. The van der Waals surface area contributed by atoms with Gasteiger partial charge in [-0.25, -0.2) is 0 Å². The zero-order valence-electron chi connectivity index (χ0n) is 5.20. The van der Waals surface area contributed by atoms with Gasteiger partial charge in [-0.05, 0) is 18.8 Å². The largest absolute Gasteiger partial charge is 0.392 e. The summed E-state index contributed by atoms with van der Waals surface area (Å²) in [4.78, 5) is 0. The Hall–Kier alpha value is -0.210. The van der Waals surface area contributed by atoms with Gasteiger partial charge in [0.15, 0.2) is 0 Å². The van der Waals surface area contributed by atoms with Crippen molar-refractivity contribution in [1.29, 1.82) is 0 Å². The van der Waals surface area contributed by atoms with Crippen molar-refractivity contribution in [2.45, 2.75) is 25.9 Å². The van der Waals surface area contributed by atoms with E-state index < -0.39 is 12.1 Å². The normalized spacial score (nSPS) is 36.0. The molecule has 1 fully saturated rings. The monoisotopic (exact) mass is 138 g/mol. The van der Waals surface area contributed by atoms with E-state index in [1.807, 2.05) is 0 Å². The molecule has 1 saturated carbocycles. The van der Waals surface area contributed by atoms with E-state index >= 15 is 0 Å². The molecule has 0 bridgehead atoms. The highest BCUT2D eigenvalue weighted by molar-refractivity contribution is 4.82. The van der Waals surface area contributed by atoms with Gasteiger partial charge in [-0.2, -0.15) is 13.2 Å². The zero-order chi connectivity index (χ0) is 7.07. The SMILES string of the molecule is CC1CC[C@@H]1C(F)(F)F. The Labute approximate surface area is 52.1 Å². The lowest BCUT2D eigenvalue weighted by Crippen LogP contribution is -2.36. The summed E-state index contributed by atoms with van der Waals surface area (Å²) in [7, 11) is 0. The molecule has 0 amide bonds. The smallest absolute Gasteiger partial charge is 0.171 e. The third-order valence-corrected chi connectivity index (χ3v) is 2.04. The fraction of sp³-hybridized carbons (Fsp3) is 1.00. The first-order valence-corrected chi connectivity index (χ1v) is 3.08. The van der Waals surface area contributed by atoms with Crippen molar-refractivity contribution in [2.75, 3.05) is 0 Å². The number of alkyl halides is 3. The molecule has 1 aliphatic carbocycles. The molecule has 1 rings (SSSR count).